The molecule has 0 aliphatic heterocycles. The fourth-order valence-corrected chi connectivity index (χ4v) is 1.63. The van der Waals surface area contributed by atoms with Crippen LogP contribution in [0.4, 0.5) is 0 Å². The maximum absolute atomic E-state index is 11.6. The van der Waals surface area contributed by atoms with Gasteiger partial charge >= 0.3 is 5.69 Å². The zero-order chi connectivity index (χ0) is 11.8. The standard InChI is InChI=1S/C10H8N6O/c1-6-4-8-14-15-10(17)16(8)9(13-6)7-5-11-2-3-12-7/h2-5H,1H3,(H,15,17). The molecule has 0 aliphatic rings. The molecule has 3 aromatic heterocycles. The number of aromatic amines is 1. The van der Waals surface area contributed by atoms with Gasteiger partial charge in [-0.2, -0.15) is 5.10 Å². The van der Waals surface area contributed by atoms with Crippen LogP contribution in [-0.2, 0) is 0 Å². The molecule has 7 heteroatoms. The summed E-state index contributed by atoms with van der Waals surface area (Å²) < 4.78 is 1.37. The van der Waals surface area contributed by atoms with Crippen molar-refractivity contribution in [2.24, 2.45) is 0 Å². The van der Waals surface area contributed by atoms with Gasteiger partial charge in [-0.3, -0.25) is 4.98 Å². The van der Waals surface area contributed by atoms with Crippen LogP contribution in [0.1, 0.15) is 5.69 Å². The Morgan fingerprint density at radius 2 is 2.24 bits per heavy atom. The van der Waals surface area contributed by atoms with Crippen LogP contribution in [0.2, 0.25) is 0 Å². The molecule has 7 nitrogen and oxygen atoms in total. The first-order valence-corrected chi connectivity index (χ1v) is 4.97. The normalized spacial score (nSPS) is 10.9. The summed E-state index contributed by atoms with van der Waals surface area (Å²) in [4.78, 5) is 24.0. The average molecular weight is 228 g/mol. The van der Waals surface area contributed by atoms with Crippen LogP contribution in [0.15, 0.2) is 29.5 Å². The van der Waals surface area contributed by atoms with Gasteiger partial charge in [0.05, 0.1) is 6.20 Å². The lowest BCUT2D eigenvalue weighted by molar-refractivity contribution is 0.980. The lowest BCUT2D eigenvalue weighted by Gasteiger charge is -2.02. The highest BCUT2D eigenvalue weighted by atomic mass is 16.1. The topological polar surface area (TPSA) is 88.8 Å². The Balaban J connectivity index is 2.43. The van der Waals surface area contributed by atoms with E-state index in [1.165, 1.54) is 4.40 Å². The van der Waals surface area contributed by atoms with E-state index in [9.17, 15) is 4.79 Å². The number of aryl methyl sites for hydroxylation is 1. The largest absolute Gasteiger partial charge is 0.349 e. The van der Waals surface area contributed by atoms with E-state index in [1.807, 2.05) is 6.92 Å². The molecular formula is C10H8N6O. The minimum Gasteiger partial charge on any atom is -0.261 e. The molecule has 0 bridgehead atoms. The molecule has 0 saturated heterocycles. The maximum Gasteiger partial charge on any atom is 0.349 e. The smallest absolute Gasteiger partial charge is 0.261 e. The highest BCUT2D eigenvalue weighted by molar-refractivity contribution is 5.54. The van der Waals surface area contributed by atoms with Crippen molar-refractivity contribution in [2.45, 2.75) is 6.92 Å². The van der Waals surface area contributed by atoms with Crippen LogP contribution in [-0.4, -0.2) is 29.5 Å². The molecule has 0 radical (unpaired) electrons. The monoisotopic (exact) mass is 228 g/mol. The molecule has 0 amide bonds. The van der Waals surface area contributed by atoms with Gasteiger partial charge in [0.2, 0.25) is 0 Å². The SMILES string of the molecule is Cc1cc2n[nH]c(=O)n2c(-c2cnccn2)n1. The number of fused-ring (bicyclic) bond motifs is 1. The first-order chi connectivity index (χ1) is 8.25. The van der Waals surface area contributed by atoms with Crippen molar-refractivity contribution in [3.8, 4) is 11.5 Å². The molecule has 3 heterocycles. The number of hydrogen-bond donors (Lipinski definition) is 1. The van der Waals surface area contributed by atoms with Gasteiger partial charge < -0.3 is 0 Å². The van der Waals surface area contributed by atoms with Crippen LogP contribution in [0.5, 0.6) is 0 Å². The number of H-pyrrole nitrogens is 1. The molecule has 0 saturated carbocycles. The summed E-state index contributed by atoms with van der Waals surface area (Å²) in [6, 6.07) is 1.72. The van der Waals surface area contributed by atoms with Gasteiger partial charge in [0, 0.05) is 24.2 Å². The van der Waals surface area contributed by atoms with E-state index in [0.717, 1.165) is 5.69 Å². The number of nitrogens with one attached hydrogen (secondary N) is 1. The fraction of sp³-hybridized carbons (Fsp3) is 0.100. The van der Waals surface area contributed by atoms with Crippen LogP contribution >= 0.6 is 0 Å². The van der Waals surface area contributed by atoms with Crippen molar-refractivity contribution in [3.63, 3.8) is 0 Å². The van der Waals surface area contributed by atoms with E-state index in [4.69, 9.17) is 0 Å². The Morgan fingerprint density at radius 1 is 1.35 bits per heavy atom. The third-order valence-electron chi connectivity index (χ3n) is 2.32. The van der Waals surface area contributed by atoms with Crippen molar-refractivity contribution < 1.29 is 0 Å². The third kappa shape index (κ3) is 1.48. The fourth-order valence-electron chi connectivity index (χ4n) is 1.63. The minimum atomic E-state index is -0.340. The second-order valence-electron chi connectivity index (χ2n) is 3.53. The van der Waals surface area contributed by atoms with Crippen LogP contribution in [0.3, 0.4) is 0 Å². The Bertz CT molecular complexity index is 729. The summed E-state index contributed by atoms with van der Waals surface area (Å²) in [6.45, 7) is 1.83. The summed E-state index contributed by atoms with van der Waals surface area (Å²) in [5, 5.41) is 6.29. The third-order valence-corrected chi connectivity index (χ3v) is 2.32. The molecule has 0 spiro atoms. The molecular weight excluding hydrogens is 220 g/mol. The van der Waals surface area contributed by atoms with E-state index < -0.39 is 0 Å². The minimum absolute atomic E-state index is 0.340. The number of nitrogens with zero attached hydrogens (tertiary/aromatic N) is 5. The van der Waals surface area contributed by atoms with Crippen molar-refractivity contribution in [3.05, 3.63) is 40.8 Å². The molecule has 0 unspecified atom stereocenters. The second-order valence-corrected chi connectivity index (χ2v) is 3.53. The molecule has 84 valence electrons. The predicted molar refractivity (Wildman–Crippen MR) is 59.4 cm³/mol. The summed E-state index contributed by atoms with van der Waals surface area (Å²) >= 11 is 0. The second kappa shape index (κ2) is 3.48. The van der Waals surface area contributed by atoms with Crippen LogP contribution in [0.25, 0.3) is 17.2 Å². The van der Waals surface area contributed by atoms with E-state index in [1.54, 1.807) is 24.7 Å². The highest BCUT2D eigenvalue weighted by Gasteiger charge is 2.11. The maximum atomic E-state index is 11.6. The van der Waals surface area contributed by atoms with Gasteiger partial charge in [-0.15, -0.1) is 0 Å². The van der Waals surface area contributed by atoms with E-state index in [0.29, 0.717) is 17.2 Å². The molecule has 0 aromatic carbocycles. The zero-order valence-electron chi connectivity index (χ0n) is 8.95. The molecule has 17 heavy (non-hydrogen) atoms. The predicted octanol–water partition coefficient (Wildman–Crippen LogP) is 0.183. The quantitative estimate of drug-likeness (QED) is 0.642. The summed E-state index contributed by atoms with van der Waals surface area (Å²) in [7, 11) is 0. The highest BCUT2D eigenvalue weighted by Crippen LogP contribution is 2.13. The average Bonchev–Trinajstić information content (AvgIpc) is 2.71. The van der Waals surface area contributed by atoms with Gasteiger partial charge in [-0.1, -0.05) is 0 Å². The molecule has 1 N–H and O–H groups in total. The summed E-state index contributed by atoms with van der Waals surface area (Å²) in [5.74, 6) is 0.437. The number of aromatic nitrogens is 6. The van der Waals surface area contributed by atoms with Crippen molar-refractivity contribution in [1.29, 1.82) is 0 Å². The lowest BCUT2D eigenvalue weighted by Crippen LogP contribution is -2.13. The van der Waals surface area contributed by atoms with Crippen LogP contribution < -0.4 is 5.69 Å². The first kappa shape index (κ1) is 9.64. The number of hydrogen-bond acceptors (Lipinski definition) is 5. The van der Waals surface area contributed by atoms with Crippen molar-refractivity contribution >= 4 is 5.65 Å². The Labute approximate surface area is 95.2 Å². The molecule has 3 aromatic rings. The zero-order valence-corrected chi connectivity index (χ0v) is 8.95. The molecule has 0 aliphatic carbocycles. The summed E-state index contributed by atoms with van der Waals surface area (Å²) in [5.41, 5.74) is 1.47. The van der Waals surface area contributed by atoms with Gasteiger partial charge in [0.15, 0.2) is 11.5 Å². The Hall–Kier alpha value is -2.57. The Kier molecular flexibility index (Phi) is 1.97. The van der Waals surface area contributed by atoms with E-state index in [2.05, 4.69) is 25.1 Å². The van der Waals surface area contributed by atoms with Gasteiger partial charge in [0.1, 0.15) is 5.69 Å². The van der Waals surface area contributed by atoms with E-state index >= 15 is 0 Å². The molecule has 0 fully saturated rings. The summed E-state index contributed by atoms with van der Waals surface area (Å²) in [6.07, 6.45) is 4.67. The van der Waals surface area contributed by atoms with E-state index in [-0.39, 0.29) is 5.69 Å². The molecule has 3 rings (SSSR count). The number of rotatable bonds is 1. The van der Waals surface area contributed by atoms with Crippen molar-refractivity contribution in [2.75, 3.05) is 0 Å². The van der Waals surface area contributed by atoms with Crippen LogP contribution in [0, 0.1) is 6.92 Å². The molecule has 0 atom stereocenters. The van der Waals surface area contributed by atoms with Gasteiger partial charge in [-0.05, 0) is 6.92 Å². The lowest BCUT2D eigenvalue weighted by atomic mass is 10.3. The van der Waals surface area contributed by atoms with Crippen molar-refractivity contribution in [1.82, 2.24) is 29.5 Å². The van der Waals surface area contributed by atoms with Gasteiger partial charge in [0.25, 0.3) is 0 Å². The Morgan fingerprint density at radius 3 is 3.00 bits per heavy atom. The van der Waals surface area contributed by atoms with Gasteiger partial charge in [-0.25, -0.2) is 24.3 Å². The first-order valence-electron chi connectivity index (χ1n) is 4.97.